The van der Waals surface area contributed by atoms with Gasteiger partial charge in [0.05, 0.1) is 7.11 Å². The summed E-state index contributed by atoms with van der Waals surface area (Å²) < 4.78 is 4.46. The molecular formula is C14H16O3. The van der Waals surface area contributed by atoms with Gasteiger partial charge in [-0.15, -0.1) is 0 Å². The Morgan fingerprint density at radius 1 is 1.24 bits per heavy atom. The van der Waals surface area contributed by atoms with Crippen LogP contribution in [0, 0.1) is 0 Å². The summed E-state index contributed by atoms with van der Waals surface area (Å²) in [6, 6.07) is 8.11. The lowest BCUT2D eigenvalue weighted by molar-refractivity contribution is -0.143. The van der Waals surface area contributed by atoms with Crippen molar-refractivity contribution in [2.45, 2.75) is 31.6 Å². The quantitative estimate of drug-likeness (QED) is 0.577. The Bertz CT molecular complexity index is 416. The molecule has 0 bridgehead atoms. The zero-order valence-corrected chi connectivity index (χ0v) is 9.94. The Kier molecular flexibility index (Phi) is 3.57. The van der Waals surface area contributed by atoms with Crippen LogP contribution in [-0.4, -0.2) is 18.9 Å². The third-order valence-electron chi connectivity index (χ3n) is 3.00. The number of rotatable bonds is 5. The van der Waals surface area contributed by atoms with Crippen LogP contribution in [0.25, 0.3) is 0 Å². The van der Waals surface area contributed by atoms with Crippen LogP contribution in [0.3, 0.4) is 0 Å². The Balaban J connectivity index is 1.89. The minimum atomic E-state index is -0.468. The van der Waals surface area contributed by atoms with E-state index in [0.29, 0.717) is 6.42 Å². The highest BCUT2D eigenvalue weighted by Gasteiger charge is 2.23. The van der Waals surface area contributed by atoms with Crippen LogP contribution in [0.5, 0.6) is 0 Å². The van der Waals surface area contributed by atoms with Gasteiger partial charge in [0.2, 0.25) is 0 Å². The van der Waals surface area contributed by atoms with E-state index in [-0.39, 0.29) is 12.2 Å². The maximum absolute atomic E-state index is 11.5. The summed E-state index contributed by atoms with van der Waals surface area (Å²) in [5.74, 6) is 0.162. The van der Waals surface area contributed by atoms with E-state index < -0.39 is 5.97 Å². The molecule has 0 unspecified atom stereocenters. The van der Waals surface area contributed by atoms with Gasteiger partial charge < -0.3 is 4.74 Å². The van der Waals surface area contributed by atoms with E-state index in [9.17, 15) is 9.59 Å². The summed E-state index contributed by atoms with van der Waals surface area (Å²) in [5.41, 5.74) is 2.32. The molecular weight excluding hydrogens is 216 g/mol. The SMILES string of the molecule is COC(=O)CC(=O)Cc1ccc(C2CC2)cc1. The fraction of sp³-hybridized carbons (Fsp3) is 0.429. The van der Waals surface area contributed by atoms with Gasteiger partial charge in [0.25, 0.3) is 0 Å². The average molecular weight is 232 g/mol. The maximum atomic E-state index is 11.5. The molecule has 3 nitrogen and oxygen atoms in total. The summed E-state index contributed by atoms with van der Waals surface area (Å²) >= 11 is 0. The molecule has 0 amide bonds. The van der Waals surface area contributed by atoms with Crippen molar-refractivity contribution in [1.82, 2.24) is 0 Å². The molecule has 90 valence electrons. The second-order valence-electron chi connectivity index (χ2n) is 4.48. The molecule has 1 aliphatic carbocycles. The van der Waals surface area contributed by atoms with Crippen LogP contribution in [0.15, 0.2) is 24.3 Å². The number of ether oxygens (including phenoxy) is 1. The Morgan fingerprint density at radius 2 is 1.88 bits per heavy atom. The first-order chi connectivity index (χ1) is 8.19. The van der Waals surface area contributed by atoms with Crippen LogP contribution in [-0.2, 0) is 20.7 Å². The summed E-state index contributed by atoms with van der Waals surface area (Å²) in [5, 5.41) is 0. The number of hydrogen-bond donors (Lipinski definition) is 0. The molecule has 1 aromatic carbocycles. The van der Waals surface area contributed by atoms with E-state index in [0.717, 1.165) is 11.5 Å². The summed E-state index contributed by atoms with van der Waals surface area (Å²) in [6.45, 7) is 0. The number of Topliss-reactive ketones (excluding diaryl/α,β-unsaturated/α-hetero) is 1. The van der Waals surface area contributed by atoms with Crippen molar-refractivity contribution >= 4 is 11.8 Å². The van der Waals surface area contributed by atoms with Gasteiger partial charge in [-0.25, -0.2) is 0 Å². The molecule has 0 heterocycles. The van der Waals surface area contributed by atoms with Crippen molar-refractivity contribution in [2.75, 3.05) is 7.11 Å². The van der Waals surface area contributed by atoms with Gasteiger partial charge in [-0.1, -0.05) is 24.3 Å². The highest BCUT2D eigenvalue weighted by atomic mass is 16.5. The number of carbonyl (C=O) groups is 2. The molecule has 1 fully saturated rings. The topological polar surface area (TPSA) is 43.4 Å². The molecule has 0 aliphatic heterocycles. The minimum Gasteiger partial charge on any atom is -0.469 e. The van der Waals surface area contributed by atoms with Crippen molar-refractivity contribution in [3.05, 3.63) is 35.4 Å². The molecule has 2 rings (SSSR count). The van der Waals surface area contributed by atoms with Gasteiger partial charge in [0, 0.05) is 6.42 Å². The molecule has 0 radical (unpaired) electrons. The number of methoxy groups -OCH3 is 1. The predicted molar refractivity (Wildman–Crippen MR) is 63.8 cm³/mol. The van der Waals surface area contributed by atoms with Gasteiger partial charge in [0.1, 0.15) is 12.2 Å². The monoisotopic (exact) mass is 232 g/mol. The number of ketones is 1. The normalized spacial score (nSPS) is 14.4. The van der Waals surface area contributed by atoms with Gasteiger partial charge in [-0.2, -0.15) is 0 Å². The van der Waals surface area contributed by atoms with Crippen molar-refractivity contribution in [3.63, 3.8) is 0 Å². The highest BCUT2D eigenvalue weighted by Crippen LogP contribution is 2.39. The van der Waals surface area contributed by atoms with Gasteiger partial charge in [-0.05, 0) is 29.9 Å². The number of esters is 1. The van der Waals surface area contributed by atoms with E-state index in [1.807, 2.05) is 12.1 Å². The number of benzene rings is 1. The van der Waals surface area contributed by atoms with Gasteiger partial charge >= 0.3 is 5.97 Å². The smallest absolute Gasteiger partial charge is 0.313 e. The lowest BCUT2D eigenvalue weighted by atomic mass is 10.0. The summed E-state index contributed by atoms with van der Waals surface area (Å²) in [7, 11) is 1.29. The molecule has 0 aromatic heterocycles. The fourth-order valence-corrected chi connectivity index (χ4v) is 1.85. The van der Waals surface area contributed by atoms with E-state index in [2.05, 4.69) is 16.9 Å². The molecule has 0 spiro atoms. The number of hydrogen-bond acceptors (Lipinski definition) is 3. The summed E-state index contributed by atoms with van der Waals surface area (Å²) in [4.78, 5) is 22.4. The fourth-order valence-electron chi connectivity index (χ4n) is 1.85. The largest absolute Gasteiger partial charge is 0.469 e. The Labute approximate surface area is 101 Å². The van der Waals surface area contributed by atoms with Crippen molar-refractivity contribution in [1.29, 1.82) is 0 Å². The van der Waals surface area contributed by atoms with Crippen LogP contribution >= 0.6 is 0 Å². The molecule has 0 atom stereocenters. The Morgan fingerprint density at radius 3 is 2.41 bits per heavy atom. The molecule has 1 aliphatic rings. The molecule has 17 heavy (non-hydrogen) atoms. The van der Waals surface area contributed by atoms with Crippen LogP contribution < -0.4 is 0 Å². The van der Waals surface area contributed by atoms with E-state index in [4.69, 9.17) is 0 Å². The second kappa shape index (κ2) is 5.13. The molecule has 1 saturated carbocycles. The van der Waals surface area contributed by atoms with Crippen molar-refractivity contribution in [2.24, 2.45) is 0 Å². The first-order valence-corrected chi connectivity index (χ1v) is 5.86. The molecule has 0 N–H and O–H groups in total. The van der Waals surface area contributed by atoms with E-state index >= 15 is 0 Å². The number of carbonyl (C=O) groups excluding carboxylic acids is 2. The van der Waals surface area contributed by atoms with Gasteiger partial charge in [0.15, 0.2) is 0 Å². The maximum Gasteiger partial charge on any atom is 0.313 e. The van der Waals surface area contributed by atoms with E-state index in [1.54, 1.807) is 0 Å². The first kappa shape index (κ1) is 11.8. The van der Waals surface area contributed by atoms with E-state index in [1.165, 1.54) is 25.5 Å². The third kappa shape index (κ3) is 3.41. The minimum absolute atomic E-state index is 0.101. The lowest BCUT2D eigenvalue weighted by Gasteiger charge is -2.02. The zero-order chi connectivity index (χ0) is 12.3. The Hall–Kier alpha value is -1.64. The standard InChI is InChI=1S/C14H16O3/c1-17-14(16)9-13(15)8-10-2-4-11(5-3-10)12-6-7-12/h2-5,12H,6-9H2,1H3. The van der Waals surface area contributed by atoms with Crippen LogP contribution in [0.4, 0.5) is 0 Å². The molecule has 1 aromatic rings. The predicted octanol–water partition coefficient (Wildman–Crippen LogP) is 2.24. The first-order valence-electron chi connectivity index (χ1n) is 5.86. The molecule has 0 saturated heterocycles. The lowest BCUT2D eigenvalue weighted by Crippen LogP contribution is -2.11. The molecule has 3 heteroatoms. The highest BCUT2D eigenvalue weighted by molar-refractivity contribution is 5.96. The third-order valence-corrected chi connectivity index (χ3v) is 3.00. The van der Waals surface area contributed by atoms with Crippen LogP contribution in [0.1, 0.15) is 36.3 Å². The van der Waals surface area contributed by atoms with Crippen molar-refractivity contribution < 1.29 is 14.3 Å². The average Bonchev–Trinajstić information content (AvgIpc) is 3.13. The van der Waals surface area contributed by atoms with Crippen molar-refractivity contribution in [3.8, 4) is 0 Å². The second-order valence-corrected chi connectivity index (χ2v) is 4.48. The van der Waals surface area contributed by atoms with Crippen LogP contribution in [0.2, 0.25) is 0 Å². The summed E-state index contributed by atoms with van der Waals surface area (Å²) in [6.07, 6.45) is 2.72. The zero-order valence-electron chi connectivity index (χ0n) is 9.94. The van der Waals surface area contributed by atoms with Gasteiger partial charge in [-0.3, -0.25) is 9.59 Å².